The fourth-order valence-corrected chi connectivity index (χ4v) is 2.16. The van der Waals surface area contributed by atoms with Crippen LogP contribution in [-0.2, 0) is 5.41 Å². The summed E-state index contributed by atoms with van der Waals surface area (Å²) in [5, 5.41) is 10.8. The Bertz CT molecular complexity index is 396. The van der Waals surface area contributed by atoms with Gasteiger partial charge < -0.3 is 15.2 Å². The van der Waals surface area contributed by atoms with Crippen LogP contribution in [0.2, 0.25) is 0 Å². The third kappa shape index (κ3) is 5.93. The lowest BCUT2D eigenvalue weighted by Gasteiger charge is -2.23. The molecule has 3 nitrogen and oxygen atoms in total. The number of rotatable bonds is 8. The van der Waals surface area contributed by atoms with Crippen molar-refractivity contribution in [2.45, 2.75) is 46.0 Å². The Morgan fingerprint density at radius 2 is 1.90 bits per heavy atom. The van der Waals surface area contributed by atoms with E-state index in [1.165, 1.54) is 11.1 Å². The van der Waals surface area contributed by atoms with Crippen LogP contribution in [0.25, 0.3) is 0 Å². The highest BCUT2D eigenvalue weighted by molar-refractivity contribution is 5.41. The van der Waals surface area contributed by atoms with Crippen molar-refractivity contribution in [3.63, 3.8) is 0 Å². The highest BCUT2D eigenvalue weighted by atomic mass is 16.5. The molecule has 0 radical (unpaired) electrons. The van der Waals surface area contributed by atoms with Crippen molar-refractivity contribution >= 4 is 0 Å². The maximum Gasteiger partial charge on any atom is 0.123 e. The van der Waals surface area contributed by atoms with Crippen molar-refractivity contribution in [2.24, 2.45) is 0 Å². The zero-order valence-corrected chi connectivity index (χ0v) is 13.4. The Morgan fingerprint density at radius 3 is 2.55 bits per heavy atom. The number of benzene rings is 1. The molecular formula is C17H30NO2+. The maximum absolute atomic E-state index is 8.69. The summed E-state index contributed by atoms with van der Waals surface area (Å²) < 4.78 is 5.96. The van der Waals surface area contributed by atoms with Gasteiger partial charge in [0.25, 0.3) is 0 Å². The number of aryl methyl sites for hydroxylation is 1. The number of unbranched alkanes of at least 4 members (excludes halogenated alkanes) is 1. The molecule has 3 heteroatoms. The molecule has 0 unspecified atom stereocenters. The van der Waals surface area contributed by atoms with Gasteiger partial charge in [0.05, 0.1) is 26.3 Å². The van der Waals surface area contributed by atoms with E-state index in [-0.39, 0.29) is 12.0 Å². The molecule has 0 heterocycles. The van der Waals surface area contributed by atoms with Crippen LogP contribution >= 0.6 is 0 Å². The molecule has 20 heavy (non-hydrogen) atoms. The van der Waals surface area contributed by atoms with Gasteiger partial charge >= 0.3 is 0 Å². The summed E-state index contributed by atoms with van der Waals surface area (Å²) in [7, 11) is 0. The van der Waals surface area contributed by atoms with E-state index < -0.39 is 0 Å². The van der Waals surface area contributed by atoms with Crippen molar-refractivity contribution in [1.82, 2.24) is 0 Å². The average Bonchev–Trinajstić information content (AvgIpc) is 2.38. The van der Waals surface area contributed by atoms with Gasteiger partial charge in [0.2, 0.25) is 0 Å². The van der Waals surface area contributed by atoms with Crippen LogP contribution in [0.1, 0.15) is 44.7 Å². The highest BCUT2D eigenvalue weighted by Crippen LogP contribution is 2.32. The SMILES string of the molecule is Cc1ccc(OCCCC[NH2+]CCO)c(C(C)(C)C)c1. The molecule has 0 saturated carbocycles. The molecule has 1 rings (SSSR count). The summed E-state index contributed by atoms with van der Waals surface area (Å²) in [6.07, 6.45) is 2.18. The summed E-state index contributed by atoms with van der Waals surface area (Å²) in [6, 6.07) is 6.43. The molecule has 0 amide bonds. The Balaban J connectivity index is 2.44. The summed E-state index contributed by atoms with van der Waals surface area (Å²) in [5.74, 6) is 1.02. The summed E-state index contributed by atoms with van der Waals surface area (Å²) in [4.78, 5) is 0. The largest absolute Gasteiger partial charge is 0.493 e. The lowest BCUT2D eigenvalue weighted by atomic mass is 9.85. The fourth-order valence-electron chi connectivity index (χ4n) is 2.16. The summed E-state index contributed by atoms with van der Waals surface area (Å²) >= 11 is 0. The molecule has 0 atom stereocenters. The molecule has 0 bridgehead atoms. The van der Waals surface area contributed by atoms with E-state index in [0.29, 0.717) is 0 Å². The number of aliphatic hydroxyl groups excluding tert-OH is 1. The van der Waals surface area contributed by atoms with Gasteiger partial charge in [0.15, 0.2) is 0 Å². The fraction of sp³-hybridized carbons (Fsp3) is 0.647. The van der Waals surface area contributed by atoms with Gasteiger partial charge in [0.1, 0.15) is 5.75 Å². The Labute approximate surface area is 123 Å². The summed E-state index contributed by atoms with van der Waals surface area (Å²) in [6.45, 7) is 11.7. The van der Waals surface area contributed by atoms with Crippen molar-refractivity contribution < 1.29 is 15.2 Å². The second-order valence-corrected chi connectivity index (χ2v) is 6.39. The molecule has 3 N–H and O–H groups in total. The van der Waals surface area contributed by atoms with Gasteiger partial charge in [-0.3, -0.25) is 0 Å². The zero-order valence-electron chi connectivity index (χ0n) is 13.4. The van der Waals surface area contributed by atoms with Gasteiger partial charge in [-0.1, -0.05) is 38.5 Å². The Morgan fingerprint density at radius 1 is 1.15 bits per heavy atom. The standard InChI is InChI=1S/C17H29NO2/c1-14-7-8-16(15(13-14)17(2,3)4)20-12-6-5-9-18-10-11-19/h7-8,13,18-19H,5-6,9-12H2,1-4H3/p+1. The highest BCUT2D eigenvalue weighted by Gasteiger charge is 2.18. The van der Waals surface area contributed by atoms with E-state index in [1.54, 1.807) is 0 Å². The molecular weight excluding hydrogens is 250 g/mol. The minimum absolute atomic E-state index is 0.107. The molecule has 0 aromatic heterocycles. The van der Waals surface area contributed by atoms with E-state index in [2.05, 4.69) is 51.2 Å². The molecule has 0 saturated heterocycles. The van der Waals surface area contributed by atoms with Gasteiger partial charge in [-0.25, -0.2) is 0 Å². The number of hydrogen-bond acceptors (Lipinski definition) is 2. The van der Waals surface area contributed by atoms with Gasteiger partial charge in [-0.15, -0.1) is 0 Å². The van der Waals surface area contributed by atoms with E-state index in [0.717, 1.165) is 38.3 Å². The monoisotopic (exact) mass is 280 g/mol. The first kappa shape index (κ1) is 17.0. The minimum atomic E-state index is 0.107. The maximum atomic E-state index is 8.69. The number of aliphatic hydroxyl groups is 1. The van der Waals surface area contributed by atoms with Crippen molar-refractivity contribution in [1.29, 1.82) is 0 Å². The lowest BCUT2D eigenvalue weighted by Crippen LogP contribution is -2.85. The number of nitrogens with two attached hydrogens (primary N) is 1. The smallest absolute Gasteiger partial charge is 0.123 e. The first-order valence-electron chi connectivity index (χ1n) is 7.61. The molecule has 0 aliphatic carbocycles. The first-order chi connectivity index (χ1) is 9.45. The van der Waals surface area contributed by atoms with E-state index in [4.69, 9.17) is 9.84 Å². The zero-order chi connectivity index (χ0) is 15.0. The van der Waals surface area contributed by atoms with Crippen molar-refractivity contribution in [3.05, 3.63) is 29.3 Å². The normalized spacial score (nSPS) is 11.7. The van der Waals surface area contributed by atoms with Crippen LogP contribution in [0.5, 0.6) is 5.75 Å². The van der Waals surface area contributed by atoms with Gasteiger partial charge in [0, 0.05) is 0 Å². The number of hydrogen-bond donors (Lipinski definition) is 2. The predicted molar refractivity (Wildman–Crippen MR) is 83.4 cm³/mol. The topological polar surface area (TPSA) is 46.1 Å². The molecule has 114 valence electrons. The van der Waals surface area contributed by atoms with Crippen LogP contribution in [0, 0.1) is 6.92 Å². The Hall–Kier alpha value is -1.06. The third-order valence-electron chi connectivity index (χ3n) is 3.34. The molecule has 0 aliphatic heterocycles. The summed E-state index contributed by atoms with van der Waals surface area (Å²) in [5.41, 5.74) is 2.67. The first-order valence-corrected chi connectivity index (χ1v) is 7.61. The molecule has 0 spiro atoms. The average molecular weight is 280 g/mol. The predicted octanol–water partition coefficient (Wildman–Crippen LogP) is 2.01. The lowest BCUT2D eigenvalue weighted by molar-refractivity contribution is -0.656. The van der Waals surface area contributed by atoms with Crippen LogP contribution in [-0.4, -0.2) is 31.4 Å². The quantitative estimate of drug-likeness (QED) is 0.716. The van der Waals surface area contributed by atoms with E-state index in [9.17, 15) is 0 Å². The van der Waals surface area contributed by atoms with Crippen LogP contribution in [0.3, 0.4) is 0 Å². The number of ether oxygens (including phenoxy) is 1. The van der Waals surface area contributed by atoms with Crippen molar-refractivity contribution in [3.8, 4) is 5.75 Å². The van der Waals surface area contributed by atoms with Crippen LogP contribution < -0.4 is 10.1 Å². The molecule has 0 aliphatic rings. The van der Waals surface area contributed by atoms with Gasteiger partial charge in [-0.2, -0.15) is 0 Å². The second-order valence-electron chi connectivity index (χ2n) is 6.39. The second kappa shape index (κ2) is 8.28. The van der Waals surface area contributed by atoms with Crippen LogP contribution in [0.4, 0.5) is 0 Å². The van der Waals surface area contributed by atoms with E-state index >= 15 is 0 Å². The van der Waals surface area contributed by atoms with Crippen LogP contribution in [0.15, 0.2) is 18.2 Å². The minimum Gasteiger partial charge on any atom is -0.493 e. The van der Waals surface area contributed by atoms with E-state index in [1.807, 2.05) is 0 Å². The molecule has 0 fully saturated rings. The number of quaternary nitrogens is 1. The third-order valence-corrected chi connectivity index (χ3v) is 3.34. The Kier molecular flexibility index (Phi) is 7.03. The van der Waals surface area contributed by atoms with Gasteiger partial charge in [-0.05, 0) is 36.8 Å². The molecule has 1 aromatic carbocycles. The molecule has 1 aromatic rings. The van der Waals surface area contributed by atoms with Crippen molar-refractivity contribution in [2.75, 3.05) is 26.3 Å².